The number of nitrogens with zero attached hydrogens (tertiary/aromatic N) is 3. The van der Waals surface area contributed by atoms with Gasteiger partial charge >= 0.3 is 0 Å². The van der Waals surface area contributed by atoms with E-state index in [2.05, 4.69) is 212 Å². The van der Waals surface area contributed by atoms with E-state index in [0.29, 0.717) is 5.82 Å². The molecule has 0 unspecified atom stereocenters. The highest BCUT2D eigenvalue weighted by atomic mass is 16.3. The van der Waals surface area contributed by atoms with Crippen LogP contribution in [0.4, 0.5) is 0 Å². The molecule has 332 valence electrons. The first-order valence-corrected chi connectivity index (χ1v) is 24.5. The van der Waals surface area contributed by atoms with Crippen LogP contribution in [0.25, 0.3) is 138 Å². The minimum absolute atomic E-state index is 0.164. The molecule has 0 aliphatic heterocycles. The predicted octanol–water partition coefficient (Wildman–Crippen LogP) is 17.8. The molecule has 0 N–H and O–H groups in total. The Morgan fingerprint density at radius 2 is 0.887 bits per heavy atom. The van der Waals surface area contributed by atoms with E-state index >= 15 is 0 Å². The van der Waals surface area contributed by atoms with E-state index in [1.54, 1.807) is 0 Å². The lowest BCUT2D eigenvalue weighted by Crippen LogP contribution is -2.14. The van der Waals surface area contributed by atoms with Gasteiger partial charge in [0.05, 0.1) is 27.9 Å². The molecule has 1 aliphatic rings. The van der Waals surface area contributed by atoms with Crippen molar-refractivity contribution in [3.63, 3.8) is 0 Å². The second kappa shape index (κ2) is 14.9. The van der Waals surface area contributed by atoms with Crippen LogP contribution in [0.5, 0.6) is 0 Å². The minimum atomic E-state index is -0.164. The van der Waals surface area contributed by atoms with Gasteiger partial charge in [0.15, 0.2) is 5.82 Å². The number of aromatic nitrogens is 3. The maximum absolute atomic E-state index is 6.56. The summed E-state index contributed by atoms with van der Waals surface area (Å²) in [7, 11) is 0. The molecular weight excluding hydrogens is 863 g/mol. The van der Waals surface area contributed by atoms with Crippen molar-refractivity contribution in [1.82, 2.24) is 14.4 Å². The third-order valence-electron chi connectivity index (χ3n) is 15.4. The zero-order chi connectivity index (χ0) is 47.0. The van der Waals surface area contributed by atoms with Gasteiger partial charge in [-0.15, -0.1) is 0 Å². The summed E-state index contributed by atoms with van der Waals surface area (Å²) < 4.78 is 9.08. The average Bonchev–Trinajstić information content (AvgIpc) is 4.15. The number of benzene rings is 10. The predicted molar refractivity (Wildman–Crippen MR) is 294 cm³/mol. The normalized spacial score (nSPS) is 13.0. The number of fused-ring (bicyclic) bond motifs is 12. The molecule has 10 aromatic carbocycles. The maximum Gasteiger partial charge on any atom is 0.160 e. The standard InChI is InChI=1S/C67H43N3O/c1-67(2)57-33-30-43(36-55(57)56-37-46(31-34-58(56)67)60-39-59(40-15-5-3-6-16-40)68-66(69-60)41-17-7-4-8-18-41)42-19-11-20-44(35-42)47-22-12-25-52-53-26-14-24-51-49-32-29-45(38-61(49)70(63(47)52)64(51)53)48-23-13-27-54-50-21-9-10-28-62(50)71-65(48)54/h3-39H,1-2H3. The van der Waals surface area contributed by atoms with Gasteiger partial charge in [-0.25, -0.2) is 9.97 Å². The highest BCUT2D eigenvalue weighted by Crippen LogP contribution is 2.51. The van der Waals surface area contributed by atoms with Gasteiger partial charge in [-0.05, 0) is 80.9 Å². The quantitative estimate of drug-likeness (QED) is 0.167. The van der Waals surface area contributed by atoms with Gasteiger partial charge < -0.3 is 8.82 Å². The van der Waals surface area contributed by atoms with Crippen LogP contribution in [0.3, 0.4) is 0 Å². The monoisotopic (exact) mass is 905 g/mol. The average molecular weight is 906 g/mol. The molecule has 0 spiro atoms. The summed E-state index contributed by atoms with van der Waals surface area (Å²) in [4.78, 5) is 10.3. The summed E-state index contributed by atoms with van der Waals surface area (Å²) in [5, 5.41) is 7.30. The van der Waals surface area contributed by atoms with Crippen molar-refractivity contribution in [2.75, 3.05) is 0 Å². The fourth-order valence-corrected chi connectivity index (χ4v) is 11.9. The Morgan fingerprint density at radius 3 is 1.68 bits per heavy atom. The van der Waals surface area contributed by atoms with Crippen molar-refractivity contribution in [1.29, 1.82) is 0 Å². The molecule has 15 rings (SSSR count). The first-order valence-electron chi connectivity index (χ1n) is 24.5. The molecule has 0 bridgehead atoms. The topological polar surface area (TPSA) is 43.3 Å². The molecule has 1 aliphatic carbocycles. The SMILES string of the molecule is CC1(C)c2ccc(-c3cccc(-c4cccc5c6cccc7c8ccc(-c9cccc%10c9oc9ccccc9%10)cc8n(c45)c76)c3)cc2-c2cc(-c3cc(-c4ccccc4)nc(-c4ccccc4)n3)ccc21. The van der Waals surface area contributed by atoms with Crippen LogP contribution in [0.15, 0.2) is 229 Å². The lowest BCUT2D eigenvalue weighted by atomic mass is 9.82. The van der Waals surface area contributed by atoms with Gasteiger partial charge in [-0.2, -0.15) is 0 Å². The summed E-state index contributed by atoms with van der Waals surface area (Å²) in [6, 6.07) is 81.3. The van der Waals surface area contributed by atoms with Crippen molar-refractivity contribution < 1.29 is 4.42 Å². The van der Waals surface area contributed by atoms with Crippen LogP contribution in [-0.2, 0) is 5.41 Å². The highest BCUT2D eigenvalue weighted by Gasteiger charge is 2.36. The van der Waals surface area contributed by atoms with Crippen LogP contribution in [0.2, 0.25) is 0 Å². The van der Waals surface area contributed by atoms with E-state index in [1.807, 2.05) is 30.3 Å². The first kappa shape index (κ1) is 39.8. The fourth-order valence-electron chi connectivity index (χ4n) is 11.9. The van der Waals surface area contributed by atoms with Crippen molar-refractivity contribution in [3.8, 4) is 78.4 Å². The Morgan fingerprint density at radius 1 is 0.352 bits per heavy atom. The van der Waals surface area contributed by atoms with Crippen LogP contribution >= 0.6 is 0 Å². The van der Waals surface area contributed by atoms with Crippen molar-refractivity contribution in [3.05, 3.63) is 236 Å². The van der Waals surface area contributed by atoms with E-state index in [4.69, 9.17) is 14.4 Å². The summed E-state index contributed by atoms with van der Waals surface area (Å²) in [5.41, 5.74) is 22.4. The van der Waals surface area contributed by atoms with Gasteiger partial charge in [-0.1, -0.05) is 202 Å². The third-order valence-corrected chi connectivity index (χ3v) is 15.4. The van der Waals surface area contributed by atoms with Crippen LogP contribution in [0.1, 0.15) is 25.0 Å². The van der Waals surface area contributed by atoms with Crippen molar-refractivity contribution in [2.45, 2.75) is 19.3 Å². The Kier molecular flexibility index (Phi) is 8.38. The number of furan rings is 1. The number of hydrogen-bond acceptors (Lipinski definition) is 3. The van der Waals surface area contributed by atoms with Gasteiger partial charge in [-0.3, -0.25) is 0 Å². The fraction of sp³-hybridized carbons (Fsp3) is 0.0448. The third kappa shape index (κ3) is 5.92. The summed E-state index contributed by atoms with van der Waals surface area (Å²) in [5.74, 6) is 0.717. The summed E-state index contributed by atoms with van der Waals surface area (Å²) in [6.45, 7) is 4.70. The molecule has 0 saturated heterocycles. The van der Waals surface area contributed by atoms with Crippen molar-refractivity contribution in [2.24, 2.45) is 0 Å². The van der Waals surface area contributed by atoms with Gasteiger partial charge in [0.2, 0.25) is 0 Å². The number of para-hydroxylation sites is 4. The highest BCUT2D eigenvalue weighted by molar-refractivity contribution is 6.25. The molecule has 0 amide bonds. The van der Waals surface area contributed by atoms with Gasteiger partial charge in [0, 0.05) is 65.5 Å². The van der Waals surface area contributed by atoms with Crippen LogP contribution < -0.4 is 0 Å². The molecule has 71 heavy (non-hydrogen) atoms. The largest absolute Gasteiger partial charge is 0.455 e. The smallest absolute Gasteiger partial charge is 0.160 e. The van der Waals surface area contributed by atoms with Crippen LogP contribution in [0, 0.1) is 0 Å². The lowest BCUT2D eigenvalue weighted by molar-refractivity contribution is 0.660. The molecule has 14 aromatic rings. The molecule has 0 radical (unpaired) electrons. The Hall–Kier alpha value is -9.12. The minimum Gasteiger partial charge on any atom is -0.455 e. The second-order valence-corrected chi connectivity index (χ2v) is 19.7. The van der Waals surface area contributed by atoms with Crippen LogP contribution in [-0.4, -0.2) is 14.4 Å². The molecule has 4 heteroatoms. The molecule has 0 atom stereocenters. The summed E-state index contributed by atoms with van der Waals surface area (Å²) >= 11 is 0. The second-order valence-electron chi connectivity index (χ2n) is 19.7. The van der Waals surface area contributed by atoms with E-state index in [0.717, 1.165) is 61.1 Å². The van der Waals surface area contributed by atoms with E-state index in [-0.39, 0.29) is 5.41 Å². The molecule has 4 nitrogen and oxygen atoms in total. The van der Waals surface area contributed by atoms with E-state index < -0.39 is 0 Å². The molecule has 4 aromatic heterocycles. The zero-order valence-corrected chi connectivity index (χ0v) is 39.1. The van der Waals surface area contributed by atoms with E-state index in [1.165, 1.54) is 82.6 Å². The lowest BCUT2D eigenvalue weighted by Gasteiger charge is -2.21. The van der Waals surface area contributed by atoms with Gasteiger partial charge in [0.25, 0.3) is 0 Å². The van der Waals surface area contributed by atoms with Crippen molar-refractivity contribution >= 4 is 60.0 Å². The Balaban J connectivity index is 0.861. The molecule has 0 fully saturated rings. The zero-order valence-electron chi connectivity index (χ0n) is 39.1. The number of hydrogen-bond donors (Lipinski definition) is 0. The van der Waals surface area contributed by atoms with Gasteiger partial charge in [0.1, 0.15) is 11.2 Å². The maximum atomic E-state index is 6.56. The molecular formula is C67H43N3O. The molecule has 0 saturated carbocycles. The van der Waals surface area contributed by atoms with E-state index in [9.17, 15) is 0 Å². The first-order chi connectivity index (χ1) is 34.9. The number of rotatable bonds is 6. The Bertz CT molecular complexity index is 4420. The molecule has 4 heterocycles. The Labute approximate surface area is 410 Å². The summed E-state index contributed by atoms with van der Waals surface area (Å²) in [6.07, 6.45) is 0.